The highest BCUT2D eigenvalue weighted by atomic mass is 32.1. The summed E-state index contributed by atoms with van der Waals surface area (Å²) in [5.41, 5.74) is -0.229. The molecule has 0 bridgehead atoms. The molecule has 3 rings (SSSR count). The van der Waals surface area contributed by atoms with E-state index in [1.165, 1.54) is 42.0 Å². The summed E-state index contributed by atoms with van der Waals surface area (Å²) in [5.74, 6) is -0.595. The maximum absolute atomic E-state index is 13.1. The summed E-state index contributed by atoms with van der Waals surface area (Å²) in [6.45, 7) is 3.40. The van der Waals surface area contributed by atoms with Crippen molar-refractivity contribution in [1.29, 1.82) is 0 Å². The molecule has 0 aliphatic heterocycles. The molecule has 0 fully saturated rings. The molecule has 0 spiro atoms. The summed E-state index contributed by atoms with van der Waals surface area (Å²) in [6, 6.07) is 3.27. The fourth-order valence-electron chi connectivity index (χ4n) is 2.47. The first-order valence-electron chi connectivity index (χ1n) is 8.64. The van der Waals surface area contributed by atoms with Gasteiger partial charge in [-0.25, -0.2) is 24.4 Å². The van der Waals surface area contributed by atoms with Crippen LogP contribution >= 0.6 is 12.6 Å². The van der Waals surface area contributed by atoms with Gasteiger partial charge in [-0.3, -0.25) is 0 Å². The van der Waals surface area contributed by atoms with Gasteiger partial charge in [-0.15, -0.1) is 17.7 Å². The number of carbonyl (C=O) groups excluding carboxylic acids is 1. The SMILES string of the molecule is CC(C)OC(=O)/C(=C\n1cnc(-c2cc(S)cc(C(F)(F)F)c2)n1)c1cncnc1. The number of benzene rings is 1. The van der Waals surface area contributed by atoms with Gasteiger partial charge in [0.2, 0.25) is 0 Å². The molecule has 0 radical (unpaired) electrons. The average Bonchev–Trinajstić information content (AvgIpc) is 3.14. The monoisotopic (exact) mass is 435 g/mol. The Kier molecular flexibility index (Phi) is 6.20. The van der Waals surface area contributed by atoms with Crippen LogP contribution in [0, 0.1) is 0 Å². The maximum Gasteiger partial charge on any atom is 0.416 e. The molecule has 0 amide bonds. The molecule has 30 heavy (non-hydrogen) atoms. The van der Waals surface area contributed by atoms with Crippen molar-refractivity contribution in [2.45, 2.75) is 31.0 Å². The molecule has 3 aromatic rings. The summed E-state index contributed by atoms with van der Waals surface area (Å²) in [4.78, 5) is 24.4. The molecule has 0 aliphatic rings. The van der Waals surface area contributed by atoms with Gasteiger partial charge in [0.25, 0.3) is 0 Å². The van der Waals surface area contributed by atoms with Crippen molar-refractivity contribution in [3.05, 3.63) is 54.4 Å². The predicted octanol–water partition coefficient (Wildman–Crippen LogP) is 3.99. The minimum atomic E-state index is -4.53. The second-order valence-corrected chi connectivity index (χ2v) is 6.95. The smallest absolute Gasteiger partial charge is 0.416 e. The molecule has 0 aliphatic carbocycles. The first-order chi connectivity index (χ1) is 14.1. The zero-order valence-electron chi connectivity index (χ0n) is 15.8. The highest BCUT2D eigenvalue weighted by Crippen LogP contribution is 2.33. The highest BCUT2D eigenvalue weighted by Gasteiger charge is 2.31. The van der Waals surface area contributed by atoms with Crippen molar-refractivity contribution in [3.8, 4) is 11.4 Å². The van der Waals surface area contributed by atoms with Gasteiger partial charge in [0, 0.05) is 34.6 Å². The fraction of sp³-hybridized carbons (Fsp3) is 0.211. The average molecular weight is 435 g/mol. The third-order valence-electron chi connectivity index (χ3n) is 3.71. The fourth-order valence-corrected chi connectivity index (χ4v) is 2.74. The molecule has 156 valence electrons. The van der Waals surface area contributed by atoms with E-state index in [2.05, 4.69) is 32.7 Å². The van der Waals surface area contributed by atoms with E-state index in [0.29, 0.717) is 5.56 Å². The lowest BCUT2D eigenvalue weighted by Crippen LogP contribution is -2.14. The van der Waals surface area contributed by atoms with Crippen LogP contribution in [0.5, 0.6) is 0 Å². The van der Waals surface area contributed by atoms with Crippen LogP contribution in [0.2, 0.25) is 0 Å². The standard InChI is InChI=1S/C19H16F3N5O2S/c1-11(2)29-18(28)16(13-6-23-9-24-7-13)8-27-10-25-17(26-27)12-3-14(19(20,21)22)5-15(30)4-12/h3-11,30H,1-2H3/b16-8-. The molecule has 7 nitrogen and oxygen atoms in total. The van der Waals surface area contributed by atoms with E-state index in [0.717, 1.165) is 12.1 Å². The van der Waals surface area contributed by atoms with E-state index in [9.17, 15) is 18.0 Å². The Morgan fingerprint density at radius 2 is 1.90 bits per heavy atom. The number of hydrogen-bond acceptors (Lipinski definition) is 7. The summed E-state index contributed by atoms with van der Waals surface area (Å²) in [7, 11) is 0. The largest absolute Gasteiger partial charge is 0.459 e. The van der Waals surface area contributed by atoms with E-state index < -0.39 is 17.7 Å². The molecule has 2 aromatic heterocycles. The van der Waals surface area contributed by atoms with Gasteiger partial charge in [0.1, 0.15) is 12.7 Å². The van der Waals surface area contributed by atoms with Gasteiger partial charge in [0.05, 0.1) is 17.2 Å². The number of carbonyl (C=O) groups is 1. The lowest BCUT2D eigenvalue weighted by Gasteiger charge is -2.10. The highest BCUT2D eigenvalue weighted by molar-refractivity contribution is 7.80. The zero-order valence-corrected chi connectivity index (χ0v) is 16.7. The molecule has 0 N–H and O–H groups in total. The van der Waals surface area contributed by atoms with Crippen LogP contribution in [-0.2, 0) is 15.7 Å². The second-order valence-electron chi connectivity index (χ2n) is 6.44. The van der Waals surface area contributed by atoms with Crippen molar-refractivity contribution in [2.24, 2.45) is 0 Å². The van der Waals surface area contributed by atoms with Crippen LogP contribution in [0.25, 0.3) is 23.2 Å². The number of esters is 1. The molecule has 0 saturated carbocycles. The Labute approximate surface area is 175 Å². The Balaban J connectivity index is 2.00. The molecule has 0 unspecified atom stereocenters. The Morgan fingerprint density at radius 1 is 1.20 bits per heavy atom. The second kappa shape index (κ2) is 8.66. The van der Waals surface area contributed by atoms with E-state index >= 15 is 0 Å². The molecule has 0 atom stereocenters. The summed E-state index contributed by atoms with van der Waals surface area (Å²) < 4.78 is 45.7. The van der Waals surface area contributed by atoms with E-state index in [-0.39, 0.29) is 28.0 Å². The number of nitrogens with zero attached hydrogens (tertiary/aromatic N) is 5. The van der Waals surface area contributed by atoms with Crippen LogP contribution < -0.4 is 0 Å². The molecular weight excluding hydrogens is 419 g/mol. The van der Waals surface area contributed by atoms with E-state index in [1.807, 2.05) is 0 Å². The number of thiol groups is 1. The number of rotatable bonds is 5. The summed E-state index contributed by atoms with van der Waals surface area (Å²) >= 11 is 4.03. The minimum Gasteiger partial charge on any atom is -0.459 e. The van der Waals surface area contributed by atoms with Gasteiger partial charge in [-0.2, -0.15) is 13.2 Å². The van der Waals surface area contributed by atoms with Crippen molar-refractivity contribution >= 4 is 30.4 Å². The molecule has 11 heteroatoms. The molecular formula is C19H16F3N5O2S. The zero-order chi connectivity index (χ0) is 21.9. The van der Waals surface area contributed by atoms with Crippen LogP contribution in [0.3, 0.4) is 0 Å². The third kappa shape index (κ3) is 5.23. The number of alkyl halides is 3. The topological polar surface area (TPSA) is 82.8 Å². The van der Waals surface area contributed by atoms with Crippen LogP contribution in [0.1, 0.15) is 25.0 Å². The van der Waals surface area contributed by atoms with Gasteiger partial charge in [-0.1, -0.05) is 0 Å². The molecule has 1 aromatic carbocycles. The van der Waals surface area contributed by atoms with Gasteiger partial charge in [-0.05, 0) is 32.0 Å². The lowest BCUT2D eigenvalue weighted by atomic mass is 10.1. The first kappa shape index (κ1) is 21.5. The number of halogens is 3. The summed E-state index contributed by atoms with van der Waals surface area (Å²) in [5, 5.41) is 4.15. The van der Waals surface area contributed by atoms with Crippen molar-refractivity contribution in [3.63, 3.8) is 0 Å². The first-order valence-corrected chi connectivity index (χ1v) is 9.09. The molecule has 2 heterocycles. The van der Waals surface area contributed by atoms with E-state index in [1.54, 1.807) is 13.8 Å². The van der Waals surface area contributed by atoms with Crippen LogP contribution in [-0.4, -0.2) is 36.8 Å². The van der Waals surface area contributed by atoms with Crippen molar-refractivity contribution < 1.29 is 22.7 Å². The molecule has 0 saturated heterocycles. The predicted molar refractivity (Wildman–Crippen MR) is 105 cm³/mol. The normalized spacial score (nSPS) is 12.3. The van der Waals surface area contributed by atoms with Gasteiger partial charge >= 0.3 is 12.1 Å². The van der Waals surface area contributed by atoms with Crippen LogP contribution in [0.4, 0.5) is 13.2 Å². The Hall–Kier alpha value is -3.21. The third-order valence-corrected chi connectivity index (χ3v) is 3.97. The van der Waals surface area contributed by atoms with Crippen molar-refractivity contribution in [1.82, 2.24) is 24.7 Å². The van der Waals surface area contributed by atoms with Gasteiger partial charge in [0.15, 0.2) is 5.82 Å². The van der Waals surface area contributed by atoms with Crippen molar-refractivity contribution in [2.75, 3.05) is 0 Å². The minimum absolute atomic E-state index is 0.0357. The lowest BCUT2D eigenvalue weighted by molar-refractivity contribution is -0.140. The number of aromatic nitrogens is 5. The van der Waals surface area contributed by atoms with Crippen LogP contribution in [0.15, 0.2) is 48.1 Å². The summed E-state index contributed by atoms with van der Waals surface area (Å²) in [6.07, 6.45) is 1.88. The number of hydrogen-bond donors (Lipinski definition) is 1. The van der Waals surface area contributed by atoms with Gasteiger partial charge < -0.3 is 4.74 Å². The Morgan fingerprint density at radius 3 is 2.53 bits per heavy atom. The number of ether oxygens (including phenoxy) is 1. The quantitative estimate of drug-likeness (QED) is 0.371. The maximum atomic E-state index is 13.1. The van der Waals surface area contributed by atoms with E-state index in [4.69, 9.17) is 4.74 Å². The Bertz CT molecular complexity index is 1080.